The third-order valence-electron chi connectivity index (χ3n) is 3.47. The maximum absolute atomic E-state index is 5.79. The van der Waals surface area contributed by atoms with Crippen molar-refractivity contribution in [2.75, 3.05) is 26.3 Å². The second kappa shape index (κ2) is 6.76. The summed E-state index contributed by atoms with van der Waals surface area (Å²) in [5, 5.41) is 3.33. The maximum Gasteiger partial charge on any atom is 0.119 e. The Labute approximate surface area is 109 Å². The van der Waals surface area contributed by atoms with E-state index in [0.29, 0.717) is 19.3 Å². The molecule has 1 aliphatic heterocycles. The molecular weight excluding hydrogens is 226 g/mol. The topological polar surface area (TPSA) is 30.5 Å². The average molecular weight is 249 g/mol. The van der Waals surface area contributed by atoms with Gasteiger partial charge in [0.25, 0.3) is 0 Å². The molecule has 0 saturated carbocycles. The number of ether oxygens (including phenoxy) is 2. The van der Waals surface area contributed by atoms with Crippen LogP contribution in [0.1, 0.15) is 24.0 Å². The van der Waals surface area contributed by atoms with Gasteiger partial charge in [-0.15, -0.1) is 0 Å². The summed E-state index contributed by atoms with van der Waals surface area (Å²) >= 11 is 0. The third kappa shape index (κ3) is 4.00. The number of hydrogen-bond donors (Lipinski definition) is 1. The first-order valence-corrected chi connectivity index (χ1v) is 6.78. The minimum atomic E-state index is 0.412. The summed E-state index contributed by atoms with van der Waals surface area (Å²) in [6.07, 6.45) is 2.64. The van der Waals surface area contributed by atoms with Crippen molar-refractivity contribution in [2.45, 2.75) is 32.8 Å². The minimum absolute atomic E-state index is 0.412. The van der Waals surface area contributed by atoms with Crippen LogP contribution in [0, 0.1) is 13.8 Å². The fraction of sp³-hybridized carbons (Fsp3) is 0.600. The van der Waals surface area contributed by atoms with Gasteiger partial charge in [0.1, 0.15) is 12.4 Å². The van der Waals surface area contributed by atoms with Gasteiger partial charge in [0.2, 0.25) is 0 Å². The smallest absolute Gasteiger partial charge is 0.119 e. The first-order chi connectivity index (χ1) is 8.75. The van der Waals surface area contributed by atoms with Crippen molar-refractivity contribution in [3.8, 4) is 5.75 Å². The minimum Gasteiger partial charge on any atom is -0.491 e. The average Bonchev–Trinajstić information content (AvgIpc) is 2.40. The molecule has 0 unspecified atom stereocenters. The van der Waals surface area contributed by atoms with E-state index in [0.717, 1.165) is 31.7 Å². The summed E-state index contributed by atoms with van der Waals surface area (Å²) < 4.78 is 11.5. The summed E-state index contributed by atoms with van der Waals surface area (Å²) in [6, 6.07) is 6.20. The molecule has 18 heavy (non-hydrogen) atoms. The Morgan fingerprint density at radius 2 is 1.89 bits per heavy atom. The molecule has 0 atom stereocenters. The number of nitrogens with one attached hydrogen (secondary N) is 1. The van der Waals surface area contributed by atoms with Gasteiger partial charge in [-0.2, -0.15) is 0 Å². The van der Waals surface area contributed by atoms with Gasteiger partial charge in [-0.05, 0) is 63.0 Å². The number of rotatable bonds is 5. The predicted octanol–water partition coefficient (Wildman–Crippen LogP) is 2.45. The molecule has 1 saturated heterocycles. The summed E-state index contributed by atoms with van der Waals surface area (Å²) in [4.78, 5) is 0. The van der Waals surface area contributed by atoms with Gasteiger partial charge >= 0.3 is 0 Å². The Hall–Kier alpha value is -1.06. The molecule has 1 heterocycles. The quantitative estimate of drug-likeness (QED) is 0.813. The van der Waals surface area contributed by atoms with Gasteiger partial charge in [0.15, 0.2) is 0 Å². The lowest BCUT2D eigenvalue weighted by Crippen LogP contribution is -2.33. The number of benzene rings is 1. The molecule has 1 aliphatic rings. The van der Waals surface area contributed by atoms with Crippen LogP contribution in [0.4, 0.5) is 0 Å². The van der Waals surface area contributed by atoms with Crippen molar-refractivity contribution in [1.29, 1.82) is 0 Å². The van der Waals surface area contributed by atoms with Crippen molar-refractivity contribution in [1.82, 2.24) is 5.32 Å². The van der Waals surface area contributed by atoms with E-state index < -0.39 is 0 Å². The van der Waals surface area contributed by atoms with E-state index >= 15 is 0 Å². The summed E-state index contributed by atoms with van der Waals surface area (Å²) in [6.45, 7) is 7.67. The second-order valence-corrected chi connectivity index (χ2v) is 4.91. The number of piperidine rings is 1. The molecule has 100 valence electrons. The number of aryl methyl sites for hydroxylation is 2. The predicted molar refractivity (Wildman–Crippen MR) is 73.3 cm³/mol. The first-order valence-electron chi connectivity index (χ1n) is 6.78. The van der Waals surface area contributed by atoms with Gasteiger partial charge in [0, 0.05) is 0 Å². The molecule has 1 N–H and O–H groups in total. The molecule has 0 aromatic heterocycles. The highest BCUT2D eigenvalue weighted by atomic mass is 16.5. The molecule has 0 aliphatic carbocycles. The van der Waals surface area contributed by atoms with Crippen molar-refractivity contribution in [3.05, 3.63) is 29.3 Å². The SMILES string of the molecule is Cc1ccc(OCCOC2CCNCC2)cc1C. The van der Waals surface area contributed by atoms with Crippen molar-refractivity contribution in [2.24, 2.45) is 0 Å². The standard InChI is InChI=1S/C15H23NO2/c1-12-3-4-15(11-13(12)2)18-10-9-17-14-5-7-16-8-6-14/h3-4,11,14,16H,5-10H2,1-2H3. The molecule has 0 bridgehead atoms. The van der Waals surface area contributed by atoms with Crippen molar-refractivity contribution < 1.29 is 9.47 Å². The highest BCUT2D eigenvalue weighted by Crippen LogP contribution is 2.16. The lowest BCUT2D eigenvalue weighted by molar-refractivity contribution is 0.0168. The van der Waals surface area contributed by atoms with E-state index in [-0.39, 0.29) is 0 Å². The Morgan fingerprint density at radius 3 is 2.61 bits per heavy atom. The second-order valence-electron chi connectivity index (χ2n) is 4.91. The molecule has 3 nitrogen and oxygen atoms in total. The van der Waals surface area contributed by atoms with E-state index in [2.05, 4.69) is 31.3 Å². The monoisotopic (exact) mass is 249 g/mol. The lowest BCUT2D eigenvalue weighted by Gasteiger charge is -2.22. The molecule has 1 aromatic carbocycles. The Kier molecular flexibility index (Phi) is 5.02. The Balaban J connectivity index is 1.66. The van der Waals surface area contributed by atoms with Crippen LogP contribution in [0.2, 0.25) is 0 Å². The fourth-order valence-corrected chi connectivity index (χ4v) is 2.14. The highest BCUT2D eigenvalue weighted by Gasteiger charge is 2.12. The zero-order chi connectivity index (χ0) is 12.8. The highest BCUT2D eigenvalue weighted by molar-refractivity contribution is 5.33. The van der Waals surface area contributed by atoms with Crippen LogP contribution in [0.25, 0.3) is 0 Å². The van der Waals surface area contributed by atoms with E-state index in [4.69, 9.17) is 9.47 Å². The molecular formula is C15H23NO2. The van der Waals surface area contributed by atoms with Crippen LogP contribution in [0.5, 0.6) is 5.75 Å². The molecule has 3 heteroatoms. The summed E-state index contributed by atoms with van der Waals surface area (Å²) in [7, 11) is 0. The molecule has 0 amide bonds. The van der Waals surface area contributed by atoms with Crippen LogP contribution in [0.15, 0.2) is 18.2 Å². The van der Waals surface area contributed by atoms with Gasteiger partial charge in [0.05, 0.1) is 12.7 Å². The summed E-state index contributed by atoms with van der Waals surface area (Å²) in [5.41, 5.74) is 2.57. The van der Waals surface area contributed by atoms with Crippen LogP contribution in [-0.2, 0) is 4.74 Å². The lowest BCUT2D eigenvalue weighted by atomic mass is 10.1. The maximum atomic E-state index is 5.79. The number of hydrogen-bond acceptors (Lipinski definition) is 3. The van der Waals surface area contributed by atoms with E-state index in [9.17, 15) is 0 Å². The molecule has 1 fully saturated rings. The normalized spacial score (nSPS) is 16.8. The van der Waals surface area contributed by atoms with Crippen LogP contribution in [-0.4, -0.2) is 32.4 Å². The van der Waals surface area contributed by atoms with E-state index in [1.807, 2.05) is 6.07 Å². The molecule has 1 aromatic rings. The van der Waals surface area contributed by atoms with Crippen molar-refractivity contribution in [3.63, 3.8) is 0 Å². The Bertz CT molecular complexity index is 373. The van der Waals surface area contributed by atoms with Gasteiger partial charge in [-0.1, -0.05) is 6.07 Å². The van der Waals surface area contributed by atoms with E-state index in [1.165, 1.54) is 11.1 Å². The summed E-state index contributed by atoms with van der Waals surface area (Å²) in [5.74, 6) is 0.937. The Morgan fingerprint density at radius 1 is 1.11 bits per heavy atom. The largest absolute Gasteiger partial charge is 0.491 e. The zero-order valence-corrected chi connectivity index (χ0v) is 11.4. The molecule has 0 radical (unpaired) electrons. The molecule has 0 spiro atoms. The van der Waals surface area contributed by atoms with Crippen LogP contribution < -0.4 is 10.1 Å². The van der Waals surface area contributed by atoms with Crippen LogP contribution in [0.3, 0.4) is 0 Å². The van der Waals surface area contributed by atoms with Crippen molar-refractivity contribution >= 4 is 0 Å². The molecule has 2 rings (SSSR count). The van der Waals surface area contributed by atoms with E-state index in [1.54, 1.807) is 0 Å². The van der Waals surface area contributed by atoms with Gasteiger partial charge in [-0.25, -0.2) is 0 Å². The first kappa shape index (κ1) is 13.4. The van der Waals surface area contributed by atoms with Gasteiger partial charge in [-0.3, -0.25) is 0 Å². The third-order valence-corrected chi connectivity index (χ3v) is 3.47. The van der Waals surface area contributed by atoms with Gasteiger partial charge < -0.3 is 14.8 Å². The fourth-order valence-electron chi connectivity index (χ4n) is 2.14. The zero-order valence-electron chi connectivity index (χ0n) is 11.4. The van der Waals surface area contributed by atoms with Crippen LogP contribution >= 0.6 is 0 Å².